The molecule has 22 heavy (non-hydrogen) atoms. The van der Waals surface area contributed by atoms with Crippen LogP contribution in [-0.4, -0.2) is 29.4 Å². The lowest BCUT2D eigenvalue weighted by atomic mass is 9.70. The molecule has 5 nitrogen and oxygen atoms in total. The van der Waals surface area contributed by atoms with Gasteiger partial charge in [-0.15, -0.1) is 0 Å². The Morgan fingerprint density at radius 1 is 1.27 bits per heavy atom. The minimum absolute atomic E-state index is 0.0242. The van der Waals surface area contributed by atoms with Gasteiger partial charge in [0.1, 0.15) is 11.2 Å². The molecule has 1 aliphatic carbocycles. The molecular weight excluding hydrogens is 284 g/mol. The van der Waals surface area contributed by atoms with Crippen molar-refractivity contribution in [2.24, 2.45) is 11.3 Å². The molecule has 2 unspecified atom stereocenters. The molecule has 126 valence electrons. The molecule has 1 fully saturated rings. The molecule has 0 aromatic carbocycles. The predicted octanol–water partition coefficient (Wildman–Crippen LogP) is 3.35. The molecule has 0 aromatic rings. The standard InChI is InChI=1S/C17H28O5/c1-3-22-16(21)17(12-8-6-10-14(17)18)11-7-4-5-9-13(2)15(19)20/h13H,3-12H2,1-2H3,(H,19,20). The predicted molar refractivity (Wildman–Crippen MR) is 82.4 cm³/mol. The molecule has 0 spiro atoms. The van der Waals surface area contributed by atoms with Crippen LogP contribution in [-0.2, 0) is 19.1 Å². The molecule has 0 aliphatic heterocycles. The minimum atomic E-state index is -0.938. The van der Waals surface area contributed by atoms with Gasteiger partial charge in [-0.05, 0) is 32.6 Å². The van der Waals surface area contributed by atoms with Gasteiger partial charge in [0.15, 0.2) is 0 Å². The largest absolute Gasteiger partial charge is 0.481 e. The topological polar surface area (TPSA) is 80.7 Å². The zero-order chi connectivity index (χ0) is 16.6. The monoisotopic (exact) mass is 312 g/mol. The Morgan fingerprint density at radius 2 is 2.00 bits per heavy atom. The highest BCUT2D eigenvalue weighted by molar-refractivity contribution is 6.04. The van der Waals surface area contributed by atoms with E-state index in [4.69, 9.17) is 9.84 Å². The van der Waals surface area contributed by atoms with Gasteiger partial charge in [0.2, 0.25) is 0 Å². The molecule has 0 radical (unpaired) electrons. The Hall–Kier alpha value is -1.39. The van der Waals surface area contributed by atoms with Crippen molar-refractivity contribution >= 4 is 17.7 Å². The molecule has 0 aromatic heterocycles. The summed E-state index contributed by atoms with van der Waals surface area (Å²) in [5, 5.41) is 8.84. The molecular formula is C17H28O5. The third kappa shape index (κ3) is 4.82. The smallest absolute Gasteiger partial charge is 0.319 e. The quantitative estimate of drug-likeness (QED) is 0.401. The van der Waals surface area contributed by atoms with E-state index in [1.807, 2.05) is 0 Å². The van der Waals surface area contributed by atoms with E-state index in [1.165, 1.54) is 0 Å². The number of rotatable bonds is 9. The number of carbonyl (C=O) groups is 3. The highest BCUT2D eigenvalue weighted by Gasteiger charge is 2.47. The number of carboxylic acids is 1. The highest BCUT2D eigenvalue weighted by atomic mass is 16.5. The first-order valence-corrected chi connectivity index (χ1v) is 8.37. The van der Waals surface area contributed by atoms with Crippen molar-refractivity contribution in [3.8, 4) is 0 Å². The summed E-state index contributed by atoms with van der Waals surface area (Å²) in [5.74, 6) is -1.45. The fourth-order valence-electron chi connectivity index (χ4n) is 3.12. The zero-order valence-electron chi connectivity index (χ0n) is 13.7. The van der Waals surface area contributed by atoms with Crippen molar-refractivity contribution in [3.63, 3.8) is 0 Å². The van der Waals surface area contributed by atoms with Crippen molar-refractivity contribution < 1.29 is 24.2 Å². The van der Waals surface area contributed by atoms with E-state index in [1.54, 1.807) is 13.8 Å². The van der Waals surface area contributed by atoms with Crippen molar-refractivity contribution in [2.45, 2.75) is 71.6 Å². The molecule has 0 amide bonds. The lowest BCUT2D eigenvalue weighted by molar-refractivity contribution is -0.163. The number of carboxylic acid groups (broad SMARTS) is 1. The van der Waals surface area contributed by atoms with E-state index in [-0.39, 0.29) is 17.7 Å². The minimum Gasteiger partial charge on any atom is -0.481 e. The molecule has 0 saturated heterocycles. The SMILES string of the molecule is CCOC(=O)C1(CCCCCC(C)C(=O)O)CCCCC1=O. The van der Waals surface area contributed by atoms with E-state index in [9.17, 15) is 14.4 Å². The van der Waals surface area contributed by atoms with Crippen LogP contribution in [0.25, 0.3) is 0 Å². The number of carbonyl (C=O) groups excluding carboxylic acids is 2. The number of ether oxygens (including phenoxy) is 1. The van der Waals surface area contributed by atoms with Crippen LogP contribution in [0.4, 0.5) is 0 Å². The van der Waals surface area contributed by atoms with E-state index >= 15 is 0 Å². The van der Waals surface area contributed by atoms with Gasteiger partial charge in [0.05, 0.1) is 12.5 Å². The van der Waals surface area contributed by atoms with Crippen molar-refractivity contribution in [1.29, 1.82) is 0 Å². The summed E-state index contributed by atoms with van der Waals surface area (Å²) < 4.78 is 5.14. The second-order valence-electron chi connectivity index (χ2n) is 6.27. The Labute approximate surface area is 132 Å². The zero-order valence-corrected chi connectivity index (χ0v) is 13.7. The Kier molecular flexibility index (Phi) is 7.56. The van der Waals surface area contributed by atoms with Crippen LogP contribution >= 0.6 is 0 Å². The van der Waals surface area contributed by atoms with Gasteiger partial charge in [-0.25, -0.2) is 0 Å². The Bertz CT molecular complexity index is 404. The first kappa shape index (κ1) is 18.7. The molecule has 1 rings (SSSR count). The first-order valence-electron chi connectivity index (χ1n) is 8.37. The molecule has 2 atom stereocenters. The van der Waals surface area contributed by atoms with Gasteiger partial charge in [-0.2, -0.15) is 0 Å². The van der Waals surface area contributed by atoms with E-state index in [2.05, 4.69) is 0 Å². The highest BCUT2D eigenvalue weighted by Crippen LogP contribution is 2.39. The van der Waals surface area contributed by atoms with Gasteiger partial charge >= 0.3 is 11.9 Å². The molecule has 1 N–H and O–H groups in total. The van der Waals surface area contributed by atoms with Gasteiger partial charge in [-0.3, -0.25) is 14.4 Å². The maximum atomic E-state index is 12.3. The lowest BCUT2D eigenvalue weighted by Crippen LogP contribution is -2.43. The third-order valence-electron chi connectivity index (χ3n) is 4.62. The van der Waals surface area contributed by atoms with E-state index < -0.39 is 11.4 Å². The molecule has 5 heteroatoms. The summed E-state index contributed by atoms with van der Waals surface area (Å²) in [6.45, 7) is 3.75. The number of unbranched alkanes of at least 4 members (excludes halogenated alkanes) is 2. The number of ketones is 1. The van der Waals surface area contributed by atoms with Gasteiger partial charge in [-0.1, -0.05) is 32.6 Å². The number of aliphatic carboxylic acids is 1. The third-order valence-corrected chi connectivity index (χ3v) is 4.62. The van der Waals surface area contributed by atoms with Crippen molar-refractivity contribution in [2.75, 3.05) is 6.61 Å². The Morgan fingerprint density at radius 3 is 2.59 bits per heavy atom. The fourth-order valence-corrected chi connectivity index (χ4v) is 3.12. The summed E-state index contributed by atoms with van der Waals surface area (Å²) in [6, 6.07) is 0. The summed E-state index contributed by atoms with van der Waals surface area (Å²) in [7, 11) is 0. The first-order chi connectivity index (χ1) is 10.4. The molecule has 0 bridgehead atoms. The van der Waals surface area contributed by atoms with Crippen LogP contribution in [0, 0.1) is 11.3 Å². The van der Waals surface area contributed by atoms with Crippen molar-refractivity contribution in [3.05, 3.63) is 0 Å². The summed E-state index contributed by atoms with van der Waals surface area (Å²) in [6.07, 6.45) is 6.38. The maximum Gasteiger partial charge on any atom is 0.319 e. The van der Waals surface area contributed by atoms with Gasteiger partial charge in [0, 0.05) is 6.42 Å². The van der Waals surface area contributed by atoms with Crippen LogP contribution in [0.5, 0.6) is 0 Å². The average Bonchev–Trinajstić information content (AvgIpc) is 2.48. The second kappa shape index (κ2) is 8.91. The fraction of sp³-hybridized carbons (Fsp3) is 0.824. The normalized spacial score (nSPS) is 23.1. The molecule has 1 saturated carbocycles. The van der Waals surface area contributed by atoms with Crippen LogP contribution in [0.15, 0.2) is 0 Å². The summed E-state index contributed by atoms with van der Waals surface area (Å²) in [5.41, 5.74) is -0.938. The average molecular weight is 312 g/mol. The Balaban J connectivity index is 2.50. The maximum absolute atomic E-state index is 12.3. The van der Waals surface area contributed by atoms with Crippen LogP contribution < -0.4 is 0 Å². The lowest BCUT2D eigenvalue weighted by Gasteiger charge is -2.33. The molecule has 0 heterocycles. The van der Waals surface area contributed by atoms with E-state index in [0.29, 0.717) is 32.3 Å². The van der Waals surface area contributed by atoms with Gasteiger partial charge < -0.3 is 9.84 Å². The number of hydrogen-bond acceptors (Lipinski definition) is 4. The van der Waals surface area contributed by atoms with Gasteiger partial charge in [0.25, 0.3) is 0 Å². The van der Waals surface area contributed by atoms with Crippen LogP contribution in [0.2, 0.25) is 0 Å². The number of Topliss-reactive ketones (excluding diaryl/α,β-unsaturated/α-hetero) is 1. The molecule has 1 aliphatic rings. The van der Waals surface area contributed by atoms with Crippen LogP contribution in [0.3, 0.4) is 0 Å². The second-order valence-corrected chi connectivity index (χ2v) is 6.27. The van der Waals surface area contributed by atoms with Crippen LogP contribution in [0.1, 0.15) is 71.6 Å². The number of hydrogen-bond donors (Lipinski definition) is 1. The summed E-state index contributed by atoms with van der Waals surface area (Å²) in [4.78, 5) is 35.3. The number of esters is 1. The van der Waals surface area contributed by atoms with Crippen molar-refractivity contribution in [1.82, 2.24) is 0 Å². The summed E-state index contributed by atoms with van der Waals surface area (Å²) >= 11 is 0. The van der Waals surface area contributed by atoms with E-state index in [0.717, 1.165) is 32.1 Å².